The van der Waals surface area contributed by atoms with Crippen molar-refractivity contribution >= 4 is 11.6 Å². The highest BCUT2D eigenvalue weighted by Gasteiger charge is 2.22. The maximum absolute atomic E-state index is 13.5. The molecule has 1 N–H and O–H groups in total. The number of methoxy groups -OCH3 is 1. The van der Waals surface area contributed by atoms with Crippen LogP contribution in [0.15, 0.2) is 18.2 Å². The number of ether oxygens (including phenoxy) is 1. The van der Waals surface area contributed by atoms with Crippen molar-refractivity contribution in [2.24, 2.45) is 0 Å². The van der Waals surface area contributed by atoms with Gasteiger partial charge in [0.15, 0.2) is 11.6 Å². The number of rotatable bonds is 4. The van der Waals surface area contributed by atoms with Crippen LogP contribution in [0.2, 0.25) is 0 Å². The van der Waals surface area contributed by atoms with Gasteiger partial charge in [0.1, 0.15) is 0 Å². The zero-order valence-electron chi connectivity index (χ0n) is 10.6. The summed E-state index contributed by atoms with van der Waals surface area (Å²) in [6.45, 7) is 0.648. The van der Waals surface area contributed by atoms with Gasteiger partial charge in [0.25, 0.3) is 0 Å². The molecule has 0 aliphatic heterocycles. The minimum absolute atomic E-state index is 0.196. The fraction of sp³-hybridized carbons (Fsp3) is 0.571. The van der Waals surface area contributed by atoms with E-state index in [1.807, 2.05) is 6.07 Å². The van der Waals surface area contributed by atoms with Crippen molar-refractivity contribution in [3.8, 4) is 5.75 Å². The predicted octanol–water partition coefficient (Wildman–Crippen LogP) is 3.47. The van der Waals surface area contributed by atoms with Gasteiger partial charge in [0, 0.05) is 18.0 Å². The van der Waals surface area contributed by atoms with Crippen molar-refractivity contribution in [1.82, 2.24) is 5.32 Å². The van der Waals surface area contributed by atoms with Gasteiger partial charge in [0.05, 0.1) is 7.11 Å². The topological polar surface area (TPSA) is 21.3 Å². The molecule has 0 radical (unpaired) electrons. The van der Waals surface area contributed by atoms with Gasteiger partial charge in [-0.3, -0.25) is 0 Å². The molecule has 2 nitrogen and oxygen atoms in total. The molecule has 4 heteroatoms. The minimum Gasteiger partial charge on any atom is -0.494 e. The SMILES string of the molecule is COc1ccc(CNC2CCCCC2Cl)cc1F. The summed E-state index contributed by atoms with van der Waals surface area (Å²) >= 11 is 6.27. The van der Waals surface area contributed by atoms with E-state index in [1.54, 1.807) is 6.07 Å². The largest absolute Gasteiger partial charge is 0.494 e. The Morgan fingerprint density at radius 1 is 1.39 bits per heavy atom. The first kappa shape index (κ1) is 13.6. The maximum atomic E-state index is 13.5. The smallest absolute Gasteiger partial charge is 0.165 e. The Hall–Kier alpha value is -0.800. The van der Waals surface area contributed by atoms with Crippen LogP contribution in [-0.2, 0) is 6.54 Å². The highest BCUT2D eigenvalue weighted by molar-refractivity contribution is 6.21. The molecule has 0 heterocycles. The third kappa shape index (κ3) is 3.36. The molecule has 2 rings (SSSR count). The minimum atomic E-state index is -0.317. The molecule has 0 aromatic heterocycles. The van der Waals surface area contributed by atoms with Crippen LogP contribution in [0.25, 0.3) is 0 Å². The standard InChI is InChI=1S/C14H19ClFNO/c1-18-14-7-6-10(8-12(14)16)9-17-13-5-3-2-4-11(13)15/h6-8,11,13,17H,2-5,9H2,1H3. The average Bonchev–Trinajstić information content (AvgIpc) is 2.38. The quantitative estimate of drug-likeness (QED) is 0.847. The van der Waals surface area contributed by atoms with Crippen molar-refractivity contribution in [3.63, 3.8) is 0 Å². The van der Waals surface area contributed by atoms with Gasteiger partial charge in [-0.1, -0.05) is 18.9 Å². The zero-order valence-corrected chi connectivity index (χ0v) is 11.3. The van der Waals surface area contributed by atoms with Gasteiger partial charge in [-0.25, -0.2) is 4.39 Å². The Morgan fingerprint density at radius 3 is 2.83 bits per heavy atom. The monoisotopic (exact) mass is 271 g/mol. The molecule has 1 aromatic carbocycles. The van der Waals surface area contributed by atoms with Gasteiger partial charge in [-0.05, 0) is 30.5 Å². The van der Waals surface area contributed by atoms with E-state index >= 15 is 0 Å². The highest BCUT2D eigenvalue weighted by Crippen LogP contribution is 2.24. The van der Waals surface area contributed by atoms with Crippen LogP contribution in [0.3, 0.4) is 0 Å². The number of alkyl halides is 1. The molecule has 0 saturated heterocycles. The van der Waals surface area contributed by atoms with Crippen molar-refractivity contribution in [2.45, 2.75) is 43.6 Å². The Kier molecular flexibility index (Phi) is 4.84. The summed E-state index contributed by atoms with van der Waals surface area (Å²) in [6.07, 6.45) is 4.60. The summed E-state index contributed by atoms with van der Waals surface area (Å²) in [5, 5.41) is 3.61. The third-order valence-corrected chi connectivity index (χ3v) is 3.99. The number of benzene rings is 1. The molecular formula is C14H19ClFNO. The normalized spacial score (nSPS) is 23.9. The molecular weight excluding hydrogens is 253 g/mol. The van der Waals surface area contributed by atoms with E-state index in [0.717, 1.165) is 18.4 Å². The molecule has 2 atom stereocenters. The lowest BCUT2D eigenvalue weighted by atomic mass is 9.95. The second kappa shape index (κ2) is 6.39. The zero-order chi connectivity index (χ0) is 13.0. The number of hydrogen-bond donors (Lipinski definition) is 1. The number of halogens is 2. The van der Waals surface area contributed by atoms with E-state index in [-0.39, 0.29) is 16.9 Å². The first-order valence-corrected chi connectivity index (χ1v) is 6.84. The molecule has 18 heavy (non-hydrogen) atoms. The molecule has 0 bridgehead atoms. The fourth-order valence-corrected chi connectivity index (χ4v) is 2.75. The van der Waals surface area contributed by atoms with Crippen LogP contribution >= 0.6 is 11.6 Å². The highest BCUT2D eigenvalue weighted by atomic mass is 35.5. The Balaban J connectivity index is 1.91. The predicted molar refractivity (Wildman–Crippen MR) is 71.7 cm³/mol. The second-order valence-corrected chi connectivity index (χ2v) is 5.32. The molecule has 1 saturated carbocycles. The van der Waals surface area contributed by atoms with Crippen LogP contribution in [-0.4, -0.2) is 18.5 Å². The molecule has 1 aliphatic carbocycles. The van der Waals surface area contributed by atoms with Gasteiger partial charge in [0.2, 0.25) is 0 Å². The molecule has 100 valence electrons. The third-order valence-electron chi connectivity index (χ3n) is 3.47. The van der Waals surface area contributed by atoms with Gasteiger partial charge < -0.3 is 10.1 Å². The van der Waals surface area contributed by atoms with Crippen molar-refractivity contribution in [3.05, 3.63) is 29.6 Å². The summed E-state index contributed by atoms with van der Waals surface area (Å²) in [6, 6.07) is 5.38. The van der Waals surface area contributed by atoms with E-state index in [2.05, 4.69) is 5.32 Å². The van der Waals surface area contributed by atoms with E-state index in [0.29, 0.717) is 12.6 Å². The summed E-state index contributed by atoms with van der Waals surface area (Å²) in [7, 11) is 1.47. The van der Waals surface area contributed by atoms with Crippen LogP contribution < -0.4 is 10.1 Å². The lowest BCUT2D eigenvalue weighted by Crippen LogP contribution is -2.38. The van der Waals surface area contributed by atoms with E-state index < -0.39 is 0 Å². The van der Waals surface area contributed by atoms with Crippen molar-refractivity contribution in [1.29, 1.82) is 0 Å². The first-order valence-electron chi connectivity index (χ1n) is 6.40. The summed E-state index contributed by atoms with van der Waals surface area (Å²) < 4.78 is 18.4. The maximum Gasteiger partial charge on any atom is 0.165 e. The van der Waals surface area contributed by atoms with Crippen LogP contribution in [0.1, 0.15) is 31.2 Å². The van der Waals surface area contributed by atoms with E-state index in [1.165, 1.54) is 26.0 Å². The fourth-order valence-electron chi connectivity index (χ4n) is 2.38. The number of nitrogens with one attached hydrogen (secondary N) is 1. The Morgan fingerprint density at radius 2 is 2.17 bits per heavy atom. The molecule has 1 aromatic rings. The van der Waals surface area contributed by atoms with Crippen molar-refractivity contribution in [2.75, 3.05) is 7.11 Å². The van der Waals surface area contributed by atoms with Gasteiger partial charge in [-0.15, -0.1) is 11.6 Å². The van der Waals surface area contributed by atoms with Gasteiger partial charge >= 0.3 is 0 Å². The summed E-state index contributed by atoms with van der Waals surface area (Å²) in [4.78, 5) is 0. The van der Waals surface area contributed by atoms with E-state index in [4.69, 9.17) is 16.3 Å². The van der Waals surface area contributed by atoms with Crippen LogP contribution in [0.5, 0.6) is 5.75 Å². The molecule has 2 unspecified atom stereocenters. The summed E-state index contributed by atoms with van der Waals surface area (Å²) in [5.41, 5.74) is 0.919. The molecule has 1 aliphatic rings. The average molecular weight is 272 g/mol. The molecule has 0 amide bonds. The molecule has 1 fully saturated rings. The summed E-state index contributed by atoms with van der Waals surface area (Å²) in [5.74, 6) is -0.0329. The second-order valence-electron chi connectivity index (χ2n) is 4.76. The Labute approximate surface area is 112 Å². The number of hydrogen-bond acceptors (Lipinski definition) is 2. The van der Waals surface area contributed by atoms with Crippen LogP contribution in [0, 0.1) is 5.82 Å². The van der Waals surface area contributed by atoms with Gasteiger partial charge in [-0.2, -0.15) is 0 Å². The molecule has 0 spiro atoms. The lowest BCUT2D eigenvalue weighted by molar-refractivity contribution is 0.375. The van der Waals surface area contributed by atoms with Crippen LogP contribution in [0.4, 0.5) is 4.39 Å². The van der Waals surface area contributed by atoms with E-state index in [9.17, 15) is 4.39 Å². The first-order chi connectivity index (χ1) is 8.70. The van der Waals surface area contributed by atoms with Crippen molar-refractivity contribution < 1.29 is 9.13 Å². The Bertz CT molecular complexity index is 399. The lowest BCUT2D eigenvalue weighted by Gasteiger charge is -2.28.